The summed E-state index contributed by atoms with van der Waals surface area (Å²) in [6.45, 7) is 11.1. The average molecular weight is 521 g/mol. The summed E-state index contributed by atoms with van der Waals surface area (Å²) in [4.78, 5) is 0. The van der Waals surface area contributed by atoms with Crippen molar-refractivity contribution in [2.24, 2.45) is 0 Å². The van der Waals surface area contributed by atoms with Crippen LogP contribution in [0.2, 0.25) is 0 Å². The van der Waals surface area contributed by atoms with E-state index in [1.54, 1.807) is 0 Å². The van der Waals surface area contributed by atoms with E-state index in [-0.39, 0.29) is 58.9 Å². The topological polar surface area (TPSA) is 0 Å². The van der Waals surface area contributed by atoms with E-state index in [9.17, 15) is 0 Å². The molecule has 0 saturated heterocycles. The molecular weight excluding hydrogens is 495 g/mol. The predicted octanol–water partition coefficient (Wildman–Crippen LogP) is -3.92. The molecule has 1 aliphatic carbocycles. The normalized spacial score (nSPS) is 13.7. The van der Waals surface area contributed by atoms with Crippen LogP contribution in [0.25, 0.3) is 5.20 Å². The van der Waals surface area contributed by atoms with Crippen molar-refractivity contribution in [3.63, 3.8) is 0 Å². The van der Waals surface area contributed by atoms with E-state index in [1.165, 1.54) is 49.0 Å². The summed E-state index contributed by atoms with van der Waals surface area (Å²) in [5.74, 6) is 0.369. The molecule has 159 valence electrons. The first-order chi connectivity index (χ1) is 12.9. The van der Waals surface area contributed by atoms with Gasteiger partial charge in [0.2, 0.25) is 0 Å². The summed E-state index contributed by atoms with van der Waals surface area (Å²) in [7, 11) is -1.10. The number of halogens is 3. The van der Waals surface area contributed by atoms with Crippen molar-refractivity contribution in [2.45, 2.75) is 40.5 Å². The number of aryl methyl sites for hydroxylation is 4. The minimum Gasteiger partial charge on any atom is -1.00 e. The third kappa shape index (κ3) is 6.38. The minimum atomic E-state index is -1.10. The van der Waals surface area contributed by atoms with Crippen LogP contribution in [0, 0.1) is 33.8 Å². The molecule has 0 saturated carbocycles. The number of hydrogen-bond donors (Lipinski definition) is 0. The van der Waals surface area contributed by atoms with Crippen LogP contribution in [0.15, 0.2) is 60.7 Å². The maximum absolute atomic E-state index is 3.86. The van der Waals surface area contributed by atoms with Crippen LogP contribution < -0.4 is 47.6 Å². The SMILES string of the molecule is Cc1cc(C)cc([Si](C2=[C-]C(C)c3ccccc32)c2cc(C)cc(C)c2)c1.[Cl-].[Cl-].[Cl-].[Ti+4]. The number of rotatable bonds is 3. The number of benzene rings is 3. The zero-order valence-corrected chi connectivity index (χ0v) is 23.3. The Balaban J connectivity index is 0.00000225. The zero-order valence-electron chi connectivity index (χ0n) is 18.5. The van der Waals surface area contributed by atoms with Crippen molar-refractivity contribution in [2.75, 3.05) is 0 Å². The molecule has 1 radical (unpaired) electrons. The van der Waals surface area contributed by atoms with Crippen LogP contribution in [-0.4, -0.2) is 8.80 Å². The Bertz CT molecular complexity index is 970. The molecule has 0 fully saturated rings. The van der Waals surface area contributed by atoms with Crippen molar-refractivity contribution in [3.8, 4) is 0 Å². The van der Waals surface area contributed by atoms with E-state index < -0.39 is 8.80 Å². The van der Waals surface area contributed by atoms with Crippen molar-refractivity contribution >= 4 is 24.4 Å². The molecule has 31 heavy (non-hydrogen) atoms. The molecule has 0 aromatic heterocycles. The number of allylic oxidation sites excluding steroid dienone is 1. The molecule has 5 heteroatoms. The van der Waals surface area contributed by atoms with Gasteiger partial charge in [0, 0.05) is 0 Å². The third-order valence-electron chi connectivity index (χ3n) is 5.33. The van der Waals surface area contributed by atoms with Crippen LogP contribution >= 0.6 is 0 Å². The molecular formula is C26H26Cl3SiTi. The van der Waals surface area contributed by atoms with Gasteiger partial charge in [0.1, 0.15) is 8.80 Å². The van der Waals surface area contributed by atoms with Crippen molar-refractivity contribution in [3.05, 3.63) is 100 Å². The predicted molar refractivity (Wildman–Crippen MR) is 118 cm³/mol. The Morgan fingerprint density at radius 2 is 1.10 bits per heavy atom. The summed E-state index contributed by atoms with van der Waals surface area (Å²) >= 11 is 0. The monoisotopic (exact) mass is 519 g/mol. The maximum atomic E-state index is 3.86. The molecule has 4 rings (SSSR count). The van der Waals surface area contributed by atoms with Crippen LogP contribution in [-0.2, 0) is 21.7 Å². The fourth-order valence-electron chi connectivity index (χ4n) is 4.37. The van der Waals surface area contributed by atoms with E-state index in [0.29, 0.717) is 5.92 Å². The molecule has 1 aliphatic rings. The van der Waals surface area contributed by atoms with Crippen LogP contribution in [0.4, 0.5) is 0 Å². The summed E-state index contributed by atoms with van der Waals surface area (Å²) in [5.41, 5.74) is 8.20. The van der Waals surface area contributed by atoms with Gasteiger partial charge in [-0.1, -0.05) is 100 Å². The molecule has 0 heterocycles. The molecule has 0 aliphatic heterocycles. The summed E-state index contributed by atoms with van der Waals surface area (Å²) in [6.07, 6.45) is 3.86. The van der Waals surface area contributed by atoms with Gasteiger partial charge in [0.15, 0.2) is 0 Å². The largest absolute Gasteiger partial charge is 4.00 e. The first-order valence-electron chi connectivity index (χ1n) is 9.70. The van der Waals surface area contributed by atoms with E-state index >= 15 is 0 Å². The van der Waals surface area contributed by atoms with Crippen molar-refractivity contribution < 1.29 is 58.9 Å². The van der Waals surface area contributed by atoms with Crippen LogP contribution in [0.3, 0.4) is 0 Å². The molecule has 1 atom stereocenters. The van der Waals surface area contributed by atoms with Crippen LogP contribution in [0.5, 0.6) is 0 Å². The van der Waals surface area contributed by atoms with E-state index in [0.717, 1.165) is 0 Å². The second kappa shape index (κ2) is 12.4. The maximum Gasteiger partial charge on any atom is 4.00 e. The minimum absolute atomic E-state index is 0. The van der Waals surface area contributed by atoms with Gasteiger partial charge in [0.05, 0.1) is 0 Å². The molecule has 0 nitrogen and oxygen atoms in total. The number of hydrogen-bond acceptors (Lipinski definition) is 0. The molecule has 0 N–H and O–H groups in total. The Hall–Kier alpha value is -0.799. The van der Waals surface area contributed by atoms with Crippen molar-refractivity contribution in [1.82, 2.24) is 0 Å². The van der Waals surface area contributed by atoms with Gasteiger partial charge < -0.3 is 37.2 Å². The van der Waals surface area contributed by atoms with Gasteiger partial charge in [-0.25, -0.2) is 5.20 Å². The molecule has 3 aromatic carbocycles. The summed E-state index contributed by atoms with van der Waals surface area (Å²) < 4.78 is 0. The first-order valence-corrected chi connectivity index (χ1v) is 11.2. The quantitative estimate of drug-likeness (QED) is 0.245. The molecule has 3 aromatic rings. The first kappa shape index (κ1) is 30.2. The van der Waals surface area contributed by atoms with Gasteiger partial charge in [-0.2, -0.15) is 5.56 Å². The second-order valence-corrected chi connectivity index (χ2v) is 10.4. The fraction of sp³-hybridized carbons (Fsp3) is 0.231. The zero-order chi connectivity index (χ0) is 19.1. The summed E-state index contributed by atoms with van der Waals surface area (Å²) in [5, 5.41) is 4.36. The van der Waals surface area contributed by atoms with Gasteiger partial charge in [-0.15, -0.1) is 11.6 Å². The molecule has 0 spiro atoms. The summed E-state index contributed by atoms with van der Waals surface area (Å²) in [6, 6.07) is 23.0. The van der Waals surface area contributed by atoms with Gasteiger partial charge in [-0.3, -0.25) is 6.08 Å². The Kier molecular flexibility index (Phi) is 12.1. The van der Waals surface area contributed by atoms with Crippen molar-refractivity contribution in [1.29, 1.82) is 0 Å². The molecule has 0 bridgehead atoms. The Labute approximate surface area is 222 Å². The van der Waals surface area contributed by atoms with E-state index in [1.807, 2.05) is 0 Å². The molecule has 0 amide bonds. The Morgan fingerprint density at radius 1 is 0.677 bits per heavy atom. The van der Waals surface area contributed by atoms with Crippen LogP contribution in [0.1, 0.15) is 46.2 Å². The van der Waals surface area contributed by atoms with E-state index in [2.05, 4.69) is 101 Å². The molecule has 1 unspecified atom stereocenters. The fourth-order valence-corrected chi connectivity index (χ4v) is 7.63. The number of fused-ring (bicyclic) bond motifs is 1. The standard InChI is InChI=1S/C26H26Si.3ClH.Ti/c1-17-10-18(2)13-22(12-17)27(23-14-19(3)11-20(4)15-23)26-16-21(5)24-8-6-7-9-25(24)26;;;;/h6-15,21H,1-5H3;3*1H;/q-1;;;;+4/p-3. The third-order valence-corrected chi connectivity index (χ3v) is 7.97. The average Bonchev–Trinajstić information content (AvgIpc) is 2.91. The second-order valence-electron chi connectivity index (χ2n) is 7.96. The van der Waals surface area contributed by atoms with Gasteiger partial charge in [-0.05, 0) is 27.7 Å². The Morgan fingerprint density at radius 3 is 1.55 bits per heavy atom. The van der Waals surface area contributed by atoms with E-state index in [4.69, 9.17) is 0 Å². The van der Waals surface area contributed by atoms with Gasteiger partial charge >= 0.3 is 21.7 Å². The van der Waals surface area contributed by atoms with Gasteiger partial charge in [0.25, 0.3) is 0 Å². The smallest absolute Gasteiger partial charge is 1.00 e.